The Bertz CT molecular complexity index is 359. The summed E-state index contributed by atoms with van der Waals surface area (Å²) in [5, 5.41) is 0. The van der Waals surface area contributed by atoms with Crippen LogP contribution in [-0.4, -0.2) is 12.9 Å². The van der Waals surface area contributed by atoms with Crippen molar-refractivity contribution in [2.75, 3.05) is 7.11 Å². The highest BCUT2D eigenvalue weighted by Crippen LogP contribution is 2.23. The number of nitrogens with two attached hydrogens (primary N) is 1. The van der Waals surface area contributed by atoms with Crippen molar-refractivity contribution in [3.05, 3.63) is 23.8 Å². The summed E-state index contributed by atoms with van der Waals surface area (Å²) in [6.45, 7) is 4.09. The van der Waals surface area contributed by atoms with E-state index in [0.717, 1.165) is 29.8 Å². The molecule has 3 nitrogen and oxygen atoms in total. The van der Waals surface area contributed by atoms with Gasteiger partial charge in [0.05, 0.1) is 18.6 Å². The third kappa shape index (κ3) is 3.27. The fraction of sp³-hybridized carbons (Fsp3) is 0.417. The summed E-state index contributed by atoms with van der Waals surface area (Å²) in [4.78, 5) is 4.36. The minimum absolute atomic E-state index is 0.686. The Balaban J connectivity index is 2.91. The summed E-state index contributed by atoms with van der Waals surface area (Å²) in [6, 6.07) is 5.78. The third-order valence-corrected chi connectivity index (χ3v) is 2.17. The topological polar surface area (TPSA) is 47.6 Å². The number of nitrogens with zero attached hydrogens (tertiary/aromatic N) is 1. The molecule has 0 fully saturated rings. The largest absolute Gasteiger partial charge is 0.497 e. The molecule has 0 aliphatic carbocycles. The van der Waals surface area contributed by atoms with Gasteiger partial charge in [-0.3, -0.25) is 0 Å². The van der Waals surface area contributed by atoms with Crippen LogP contribution in [0.3, 0.4) is 0 Å². The Morgan fingerprint density at radius 3 is 2.73 bits per heavy atom. The average molecular weight is 206 g/mol. The molecule has 0 bridgehead atoms. The van der Waals surface area contributed by atoms with E-state index < -0.39 is 0 Å². The highest BCUT2D eigenvalue weighted by Gasteiger charge is 1.99. The lowest BCUT2D eigenvalue weighted by Gasteiger charge is -2.05. The number of hydrogen-bond acceptors (Lipinski definition) is 2. The summed E-state index contributed by atoms with van der Waals surface area (Å²) in [6.07, 6.45) is 1.86. The van der Waals surface area contributed by atoms with Gasteiger partial charge in [0.2, 0.25) is 0 Å². The SMILES string of the molecule is CCCC(N)=Nc1ccc(OC)cc1C. The molecule has 0 unspecified atom stereocenters. The van der Waals surface area contributed by atoms with Crippen molar-refractivity contribution in [2.45, 2.75) is 26.7 Å². The smallest absolute Gasteiger partial charge is 0.119 e. The molecule has 0 atom stereocenters. The fourth-order valence-corrected chi connectivity index (χ4v) is 1.35. The molecule has 0 aliphatic heterocycles. The maximum Gasteiger partial charge on any atom is 0.119 e. The molecule has 3 heteroatoms. The second-order valence-corrected chi connectivity index (χ2v) is 3.51. The van der Waals surface area contributed by atoms with E-state index in [9.17, 15) is 0 Å². The minimum Gasteiger partial charge on any atom is -0.497 e. The van der Waals surface area contributed by atoms with E-state index in [0.29, 0.717) is 5.84 Å². The second-order valence-electron chi connectivity index (χ2n) is 3.51. The number of amidine groups is 1. The van der Waals surface area contributed by atoms with Gasteiger partial charge in [0.15, 0.2) is 0 Å². The van der Waals surface area contributed by atoms with Crippen LogP contribution in [0.2, 0.25) is 0 Å². The number of benzene rings is 1. The Morgan fingerprint density at radius 2 is 2.20 bits per heavy atom. The molecular weight excluding hydrogens is 188 g/mol. The van der Waals surface area contributed by atoms with Gasteiger partial charge in [0.1, 0.15) is 5.75 Å². The molecule has 15 heavy (non-hydrogen) atoms. The van der Waals surface area contributed by atoms with Crippen LogP contribution < -0.4 is 10.5 Å². The number of hydrogen-bond donors (Lipinski definition) is 1. The van der Waals surface area contributed by atoms with Gasteiger partial charge in [0.25, 0.3) is 0 Å². The third-order valence-electron chi connectivity index (χ3n) is 2.17. The summed E-state index contributed by atoms with van der Waals surface area (Å²) in [7, 11) is 1.66. The summed E-state index contributed by atoms with van der Waals surface area (Å²) >= 11 is 0. The molecule has 0 heterocycles. The van der Waals surface area contributed by atoms with Crippen LogP contribution in [0.5, 0.6) is 5.75 Å². The number of methoxy groups -OCH3 is 1. The van der Waals surface area contributed by atoms with Crippen LogP contribution in [-0.2, 0) is 0 Å². The van der Waals surface area contributed by atoms with E-state index in [2.05, 4.69) is 11.9 Å². The number of ether oxygens (including phenoxy) is 1. The van der Waals surface area contributed by atoms with Gasteiger partial charge in [-0.2, -0.15) is 0 Å². The van der Waals surface area contributed by atoms with Crippen molar-refractivity contribution in [2.24, 2.45) is 10.7 Å². The van der Waals surface area contributed by atoms with Crippen molar-refractivity contribution in [1.82, 2.24) is 0 Å². The molecule has 1 rings (SSSR count). The van der Waals surface area contributed by atoms with Gasteiger partial charge in [-0.15, -0.1) is 0 Å². The molecule has 0 aliphatic rings. The average Bonchev–Trinajstić information content (AvgIpc) is 2.21. The number of rotatable bonds is 4. The zero-order chi connectivity index (χ0) is 11.3. The number of aryl methyl sites for hydroxylation is 1. The lowest BCUT2D eigenvalue weighted by Crippen LogP contribution is -2.10. The normalized spacial score (nSPS) is 11.5. The fourth-order valence-electron chi connectivity index (χ4n) is 1.35. The first-order valence-corrected chi connectivity index (χ1v) is 5.15. The van der Waals surface area contributed by atoms with E-state index >= 15 is 0 Å². The van der Waals surface area contributed by atoms with Crippen LogP contribution in [0.4, 0.5) is 5.69 Å². The summed E-state index contributed by atoms with van der Waals surface area (Å²) < 4.78 is 5.12. The molecule has 2 N–H and O–H groups in total. The van der Waals surface area contributed by atoms with Gasteiger partial charge in [-0.1, -0.05) is 6.92 Å². The van der Waals surface area contributed by atoms with Gasteiger partial charge in [0, 0.05) is 6.42 Å². The zero-order valence-electron chi connectivity index (χ0n) is 9.58. The highest BCUT2D eigenvalue weighted by atomic mass is 16.5. The maximum absolute atomic E-state index is 5.77. The molecule has 82 valence electrons. The molecule has 1 aromatic rings. The van der Waals surface area contributed by atoms with Gasteiger partial charge in [-0.05, 0) is 37.1 Å². The molecule has 0 radical (unpaired) electrons. The molecule has 0 saturated heterocycles. The quantitative estimate of drug-likeness (QED) is 0.608. The Kier molecular flexibility index (Phi) is 4.16. The monoisotopic (exact) mass is 206 g/mol. The van der Waals surface area contributed by atoms with E-state index in [1.54, 1.807) is 7.11 Å². The minimum atomic E-state index is 0.686. The van der Waals surface area contributed by atoms with Crippen molar-refractivity contribution < 1.29 is 4.74 Å². The van der Waals surface area contributed by atoms with E-state index in [1.807, 2.05) is 25.1 Å². The predicted molar refractivity (Wildman–Crippen MR) is 63.9 cm³/mol. The van der Waals surface area contributed by atoms with E-state index in [1.165, 1.54) is 0 Å². The van der Waals surface area contributed by atoms with Crippen LogP contribution in [0, 0.1) is 6.92 Å². The van der Waals surface area contributed by atoms with Gasteiger partial charge >= 0.3 is 0 Å². The molecule has 1 aromatic carbocycles. The molecule has 0 saturated carbocycles. The molecule has 0 aromatic heterocycles. The van der Waals surface area contributed by atoms with Crippen molar-refractivity contribution >= 4 is 11.5 Å². The second kappa shape index (κ2) is 5.39. The van der Waals surface area contributed by atoms with Gasteiger partial charge < -0.3 is 10.5 Å². The summed E-state index contributed by atoms with van der Waals surface area (Å²) in [5.74, 6) is 1.53. The molecule has 0 spiro atoms. The van der Waals surface area contributed by atoms with Crippen molar-refractivity contribution in [1.29, 1.82) is 0 Å². The maximum atomic E-state index is 5.77. The van der Waals surface area contributed by atoms with Crippen molar-refractivity contribution in [3.63, 3.8) is 0 Å². The van der Waals surface area contributed by atoms with Crippen molar-refractivity contribution in [3.8, 4) is 5.75 Å². The zero-order valence-corrected chi connectivity index (χ0v) is 9.58. The first kappa shape index (κ1) is 11.6. The molecule has 0 amide bonds. The number of aliphatic imine (C=N–C) groups is 1. The highest BCUT2D eigenvalue weighted by molar-refractivity contribution is 5.83. The van der Waals surface area contributed by atoms with Crippen LogP contribution >= 0.6 is 0 Å². The molecular formula is C12H18N2O. The van der Waals surface area contributed by atoms with E-state index in [4.69, 9.17) is 10.5 Å². The Hall–Kier alpha value is -1.51. The van der Waals surface area contributed by atoms with Crippen LogP contribution in [0.1, 0.15) is 25.3 Å². The lowest BCUT2D eigenvalue weighted by atomic mass is 10.2. The van der Waals surface area contributed by atoms with Crippen LogP contribution in [0.25, 0.3) is 0 Å². The summed E-state index contributed by atoms with van der Waals surface area (Å²) in [5.41, 5.74) is 7.77. The predicted octanol–water partition coefficient (Wildman–Crippen LogP) is 2.79. The Morgan fingerprint density at radius 1 is 1.47 bits per heavy atom. The van der Waals surface area contributed by atoms with Crippen LogP contribution in [0.15, 0.2) is 23.2 Å². The lowest BCUT2D eigenvalue weighted by molar-refractivity contribution is 0.414. The van der Waals surface area contributed by atoms with Gasteiger partial charge in [-0.25, -0.2) is 4.99 Å². The standard InChI is InChI=1S/C12H18N2O/c1-4-5-12(13)14-11-7-6-10(15-3)8-9(11)2/h6-8H,4-5H2,1-3H3,(H2,13,14). The first-order chi connectivity index (χ1) is 7.17. The first-order valence-electron chi connectivity index (χ1n) is 5.15. The van der Waals surface area contributed by atoms with E-state index in [-0.39, 0.29) is 0 Å². The Labute approximate surface area is 91.0 Å².